The lowest BCUT2D eigenvalue weighted by Crippen LogP contribution is -1.83. The Morgan fingerprint density at radius 1 is 1.78 bits per heavy atom. The van der Waals surface area contributed by atoms with E-state index in [4.69, 9.17) is 0 Å². The Labute approximate surface area is 65.8 Å². The minimum absolute atomic E-state index is 0.0185. The highest BCUT2D eigenvalue weighted by Gasteiger charge is 2.04. The highest BCUT2D eigenvalue weighted by atomic mass is 79.9. The van der Waals surface area contributed by atoms with Crippen LogP contribution >= 0.6 is 27.3 Å². The molecule has 0 spiro atoms. The number of aryl methyl sites for hydroxylation is 1. The third-order valence-electron chi connectivity index (χ3n) is 1.04. The normalized spacial score (nSPS) is 9.56. The Bertz CT molecular complexity index is 229. The molecule has 0 saturated carbocycles. The van der Waals surface area contributed by atoms with Crippen molar-refractivity contribution in [1.29, 1.82) is 0 Å². The summed E-state index contributed by atoms with van der Waals surface area (Å²) in [4.78, 5) is 11.5. The van der Waals surface area contributed by atoms with E-state index < -0.39 is 0 Å². The first-order valence-electron chi connectivity index (χ1n) is 2.45. The second-order valence-electron chi connectivity index (χ2n) is 1.71. The molecule has 0 amide bonds. The van der Waals surface area contributed by atoms with Crippen LogP contribution < -0.4 is 0 Å². The SMILES string of the molecule is Cc1ccsc1C(=O)Br. The van der Waals surface area contributed by atoms with Gasteiger partial charge in [-0.05, 0) is 39.9 Å². The zero-order valence-corrected chi connectivity index (χ0v) is 7.25. The summed E-state index contributed by atoms with van der Waals surface area (Å²) in [5.41, 5.74) is 1.04. The summed E-state index contributed by atoms with van der Waals surface area (Å²) in [6.07, 6.45) is 0. The van der Waals surface area contributed by atoms with Crippen LogP contribution in [0.4, 0.5) is 0 Å². The Balaban J connectivity index is 3.08. The van der Waals surface area contributed by atoms with E-state index in [9.17, 15) is 4.79 Å². The highest BCUT2D eigenvalue weighted by molar-refractivity contribution is 9.18. The van der Waals surface area contributed by atoms with Gasteiger partial charge in [-0.3, -0.25) is 4.79 Å². The third-order valence-corrected chi connectivity index (χ3v) is 2.71. The molecule has 0 aromatic carbocycles. The first-order valence-corrected chi connectivity index (χ1v) is 4.13. The molecular weight excluding hydrogens is 200 g/mol. The van der Waals surface area contributed by atoms with Gasteiger partial charge < -0.3 is 0 Å². The number of halogens is 1. The first kappa shape index (κ1) is 6.96. The van der Waals surface area contributed by atoms with Gasteiger partial charge in [0.15, 0.2) is 0 Å². The fourth-order valence-electron chi connectivity index (χ4n) is 0.574. The lowest BCUT2D eigenvalue weighted by Gasteiger charge is -1.85. The summed E-state index contributed by atoms with van der Waals surface area (Å²) < 4.78 is -0.0185. The summed E-state index contributed by atoms with van der Waals surface area (Å²) >= 11 is 4.35. The third kappa shape index (κ3) is 1.40. The Hall–Kier alpha value is -0.150. The molecule has 0 fully saturated rings. The summed E-state index contributed by atoms with van der Waals surface area (Å²) in [7, 11) is 0. The van der Waals surface area contributed by atoms with Crippen molar-refractivity contribution in [3.05, 3.63) is 21.9 Å². The maximum absolute atomic E-state index is 10.7. The molecule has 0 aliphatic heterocycles. The number of hydrogen-bond acceptors (Lipinski definition) is 2. The van der Waals surface area contributed by atoms with E-state index in [0.29, 0.717) is 0 Å². The monoisotopic (exact) mass is 204 g/mol. The van der Waals surface area contributed by atoms with Gasteiger partial charge in [-0.1, -0.05) is 0 Å². The van der Waals surface area contributed by atoms with E-state index in [-0.39, 0.29) is 4.69 Å². The fraction of sp³-hybridized carbons (Fsp3) is 0.167. The predicted octanol–water partition coefficient (Wildman–Crippen LogP) is 2.59. The Kier molecular flexibility index (Phi) is 2.03. The van der Waals surface area contributed by atoms with Crippen molar-refractivity contribution in [2.45, 2.75) is 6.92 Å². The van der Waals surface area contributed by atoms with Crippen LogP contribution in [0.5, 0.6) is 0 Å². The number of carbonyl (C=O) groups excluding carboxylic acids is 1. The smallest absolute Gasteiger partial charge is 0.238 e. The van der Waals surface area contributed by atoms with Crippen LogP contribution in [0.25, 0.3) is 0 Å². The van der Waals surface area contributed by atoms with Crippen LogP contribution in [0, 0.1) is 6.92 Å². The van der Waals surface area contributed by atoms with E-state index >= 15 is 0 Å². The molecule has 48 valence electrons. The average molecular weight is 205 g/mol. The quantitative estimate of drug-likeness (QED) is 0.644. The maximum Gasteiger partial charge on any atom is 0.238 e. The molecule has 0 saturated heterocycles. The number of thiophene rings is 1. The van der Waals surface area contributed by atoms with Crippen LogP contribution in [0.3, 0.4) is 0 Å². The predicted molar refractivity (Wildman–Crippen MR) is 42.3 cm³/mol. The minimum Gasteiger partial charge on any atom is -0.280 e. The minimum atomic E-state index is -0.0185. The van der Waals surface area contributed by atoms with Gasteiger partial charge in [0.1, 0.15) is 0 Å². The topological polar surface area (TPSA) is 17.1 Å². The Morgan fingerprint density at radius 3 is 2.67 bits per heavy atom. The van der Waals surface area contributed by atoms with Crippen LogP contribution in [0.2, 0.25) is 0 Å². The molecule has 0 unspecified atom stereocenters. The van der Waals surface area contributed by atoms with Gasteiger partial charge in [0.2, 0.25) is 4.69 Å². The van der Waals surface area contributed by atoms with Crippen molar-refractivity contribution in [2.75, 3.05) is 0 Å². The summed E-state index contributed by atoms with van der Waals surface area (Å²) in [6.45, 7) is 1.92. The van der Waals surface area contributed by atoms with E-state index in [0.717, 1.165) is 10.4 Å². The summed E-state index contributed by atoms with van der Waals surface area (Å²) in [6, 6.07) is 1.93. The van der Waals surface area contributed by atoms with Gasteiger partial charge in [-0.25, -0.2) is 0 Å². The zero-order valence-electron chi connectivity index (χ0n) is 4.85. The molecule has 1 nitrogen and oxygen atoms in total. The van der Waals surface area contributed by atoms with Crippen molar-refractivity contribution in [2.24, 2.45) is 0 Å². The molecular formula is C6H5BrOS. The van der Waals surface area contributed by atoms with Gasteiger partial charge >= 0.3 is 0 Å². The number of hydrogen-bond donors (Lipinski definition) is 0. The van der Waals surface area contributed by atoms with Crippen LogP contribution in [0.15, 0.2) is 11.4 Å². The molecule has 3 heteroatoms. The van der Waals surface area contributed by atoms with Crippen LogP contribution in [-0.2, 0) is 0 Å². The molecule has 0 N–H and O–H groups in total. The zero-order chi connectivity index (χ0) is 6.85. The molecule has 0 bridgehead atoms. The van der Waals surface area contributed by atoms with Crippen LogP contribution in [0.1, 0.15) is 15.2 Å². The van der Waals surface area contributed by atoms with Gasteiger partial charge in [-0.2, -0.15) is 0 Å². The highest BCUT2D eigenvalue weighted by Crippen LogP contribution is 2.17. The van der Waals surface area contributed by atoms with Gasteiger partial charge in [0, 0.05) is 0 Å². The van der Waals surface area contributed by atoms with E-state index in [1.165, 1.54) is 11.3 Å². The molecule has 1 rings (SSSR count). The van der Waals surface area contributed by atoms with Gasteiger partial charge in [0.25, 0.3) is 0 Å². The number of carbonyl (C=O) groups is 1. The molecule has 1 heterocycles. The lowest BCUT2D eigenvalue weighted by atomic mass is 10.3. The van der Waals surface area contributed by atoms with E-state index in [1.807, 2.05) is 18.4 Å². The molecule has 0 radical (unpaired) electrons. The molecule has 0 atom stereocenters. The largest absolute Gasteiger partial charge is 0.280 e. The number of rotatable bonds is 1. The molecule has 0 aliphatic carbocycles. The molecule has 0 aliphatic rings. The second kappa shape index (κ2) is 2.62. The van der Waals surface area contributed by atoms with Crippen LogP contribution in [-0.4, -0.2) is 4.69 Å². The van der Waals surface area contributed by atoms with E-state index in [1.54, 1.807) is 0 Å². The average Bonchev–Trinajstić information content (AvgIpc) is 2.13. The summed E-state index contributed by atoms with van der Waals surface area (Å²) in [5.74, 6) is 0. The second-order valence-corrected chi connectivity index (χ2v) is 3.34. The molecule has 9 heavy (non-hydrogen) atoms. The van der Waals surface area contributed by atoms with Crippen molar-refractivity contribution in [1.82, 2.24) is 0 Å². The van der Waals surface area contributed by atoms with Gasteiger partial charge in [-0.15, -0.1) is 11.3 Å². The standard InChI is InChI=1S/C6H5BrOS/c1-4-2-3-9-5(4)6(7)8/h2-3H,1H3. The molecule has 1 aromatic heterocycles. The maximum atomic E-state index is 10.7. The van der Waals surface area contributed by atoms with Crippen molar-refractivity contribution >= 4 is 32.0 Å². The van der Waals surface area contributed by atoms with Crippen molar-refractivity contribution in [3.63, 3.8) is 0 Å². The molecule has 1 aromatic rings. The first-order chi connectivity index (χ1) is 4.22. The van der Waals surface area contributed by atoms with Crippen molar-refractivity contribution in [3.8, 4) is 0 Å². The summed E-state index contributed by atoms with van der Waals surface area (Å²) in [5, 5.41) is 1.91. The van der Waals surface area contributed by atoms with Gasteiger partial charge in [0.05, 0.1) is 4.88 Å². The Morgan fingerprint density at radius 2 is 2.44 bits per heavy atom. The van der Waals surface area contributed by atoms with Crippen molar-refractivity contribution < 1.29 is 4.79 Å². The lowest BCUT2D eigenvalue weighted by molar-refractivity contribution is 0.109. The fourth-order valence-corrected chi connectivity index (χ4v) is 1.92. The van der Waals surface area contributed by atoms with E-state index in [2.05, 4.69) is 15.9 Å².